The first kappa shape index (κ1) is 18.8. The molecule has 1 aromatic rings. The molecule has 7 nitrogen and oxygen atoms in total. The molecule has 1 unspecified atom stereocenters. The number of nitro groups is 1. The van der Waals surface area contributed by atoms with Gasteiger partial charge in [0.1, 0.15) is 11.4 Å². The Bertz CT molecular complexity index is 602. The Balaban J connectivity index is 2.88. The maximum Gasteiger partial charge on any atom is 0.407 e. The molecule has 1 atom stereocenters. The number of benzene rings is 1. The zero-order valence-electron chi connectivity index (χ0n) is 13.1. The molecule has 1 rings (SSSR count). The van der Waals surface area contributed by atoms with Gasteiger partial charge in [0.15, 0.2) is 0 Å². The van der Waals surface area contributed by atoms with Gasteiger partial charge in [0.05, 0.1) is 11.0 Å². The Labute approximate surface area is 131 Å². The molecule has 0 bridgehead atoms. The minimum atomic E-state index is -1.16. The highest BCUT2D eigenvalue weighted by Crippen LogP contribution is 2.26. The van der Waals surface area contributed by atoms with Crippen LogP contribution < -0.4 is 11.1 Å². The summed E-state index contributed by atoms with van der Waals surface area (Å²) in [7, 11) is 0. The summed E-state index contributed by atoms with van der Waals surface area (Å²) >= 11 is 0. The first-order chi connectivity index (χ1) is 10.5. The lowest BCUT2D eigenvalue weighted by atomic mass is 9.98. The van der Waals surface area contributed by atoms with Crippen molar-refractivity contribution < 1.29 is 23.2 Å². The fourth-order valence-corrected chi connectivity index (χ4v) is 1.85. The molecule has 9 heteroatoms. The van der Waals surface area contributed by atoms with Crippen molar-refractivity contribution in [3.05, 3.63) is 39.4 Å². The van der Waals surface area contributed by atoms with Gasteiger partial charge in [0.2, 0.25) is 5.82 Å². The Morgan fingerprint density at radius 3 is 2.48 bits per heavy atom. The van der Waals surface area contributed by atoms with Crippen LogP contribution >= 0.6 is 0 Å². The summed E-state index contributed by atoms with van der Waals surface area (Å²) in [5, 5.41) is 13.0. The van der Waals surface area contributed by atoms with Crippen LogP contribution in [0.3, 0.4) is 0 Å². The van der Waals surface area contributed by atoms with Crippen molar-refractivity contribution in [3.8, 4) is 0 Å². The SMILES string of the molecule is CC(C)(C)OC(=O)NCC(CN)c1cc(F)c([N+](=O)[O-])cc1F. The number of nitrogens with zero attached hydrogens (tertiary/aromatic N) is 1. The predicted molar refractivity (Wildman–Crippen MR) is 79.0 cm³/mol. The summed E-state index contributed by atoms with van der Waals surface area (Å²) < 4.78 is 32.6. The second kappa shape index (κ2) is 7.32. The molecule has 1 amide bonds. The van der Waals surface area contributed by atoms with Crippen molar-refractivity contribution in [3.63, 3.8) is 0 Å². The van der Waals surface area contributed by atoms with Gasteiger partial charge in [-0.25, -0.2) is 9.18 Å². The second-order valence-electron chi connectivity index (χ2n) is 5.90. The van der Waals surface area contributed by atoms with E-state index in [-0.39, 0.29) is 18.7 Å². The largest absolute Gasteiger partial charge is 0.444 e. The van der Waals surface area contributed by atoms with E-state index >= 15 is 0 Å². The van der Waals surface area contributed by atoms with Crippen molar-refractivity contribution in [2.24, 2.45) is 5.73 Å². The summed E-state index contributed by atoms with van der Waals surface area (Å²) in [6, 6.07) is 1.22. The highest BCUT2D eigenvalue weighted by molar-refractivity contribution is 5.67. The molecular formula is C14H19F2N3O4. The van der Waals surface area contributed by atoms with E-state index in [1.165, 1.54) is 0 Å². The van der Waals surface area contributed by atoms with E-state index < -0.39 is 39.9 Å². The maximum absolute atomic E-state index is 14.0. The molecule has 3 N–H and O–H groups in total. The minimum Gasteiger partial charge on any atom is -0.444 e. The van der Waals surface area contributed by atoms with Crippen molar-refractivity contribution in [1.82, 2.24) is 5.32 Å². The lowest BCUT2D eigenvalue weighted by molar-refractivity contribution is -0.387. The maximum atomic E-state index is 14.0. The van der Waals surface area contributed by atoms with Crippen LogP contribution in [0.15, 0.2) is 12.1 Å². The Morgan fingerprint density at radius 2 is 2.00 bits per heavy atom. The van der Waals surface area contributed by atoms with E-state index in [1.54, 1.807) is 20.8 Å². The van der Waals surface area contributed by atoms with Crippen LogP contribution in [0.2, 0.25) is 0 Å². The zero-order chi connectivity index (χ0) is 17.8. The molecule has 0 saturated heterocycles. The summed E-state index contributed by atoms with van der Waals surface area (Å²) in [6.45, 7) is 4.85. The molecule has 0 aliphatic heterocycles. The summed E-state index contributed by atoms with van der Waals surface area (Å²) in [5.74, 6) is -2.88. The summed E-state index contributed by atoms with van der Waals surface area (Å²) in [6.07, 6.45) is -0.723. The lowest BCUT2D eigenvalue weighted by Gasteiger charge is -2.21. The molecule has 0 fully saturated rings. The number of hydrogen-bond donors (Lipinski definition) is 2. The van der Waals surface area contributed by atoms with Gasteiger partial charge in [-0.05, 0) is 32.4 Å². The first-order valence-electron chi connectivity index (χ1n) is 6.85. The molecule has 0 aromatic heterocycles. The van der Waals surface area contributed by atoms with E-state index in [1.807, 2.05) is 0 Å². The van der Waals surface area contributed by atoms with E-state index in [2.05, 4.69) is 5.32 Å². The van der Waals surface area contributed by atoms with Crippen molar-refractivity contribution >= 4 is 11.8 Å². The van der Waals surface area contributed by atoms with E-state index in [0.29, 0.717) is 6.07 Å². The molecule has 0 aliphatic carbocycles. The lowest BCUT2D eigenvalue weighted by Crippen LogP contribution is -2.36. The standard InChI is InChI=1S/C14H19F2N3O4/c1-14(2,3)23-13(20)18-7-8(6-17)9-4-11(16)12(19(21)22)5-10(9)15/h4-5,8H,6-7,17H2,1-3H3,(H,18,20). The molecular weight excluding hydrogens is 312 g/mol. The Kier molecular flexibility index (Phi) is 5.97. The van der Waals surface area contributed by atoms with Crippen LogP contribution in [-0.4, -0.2) is 29.7 Å². The second-order valence-corrected chi connectivity index (χ2v) is 5.90. The number of carbonyl (C=O) groups excluding carboxylic acids is 1. The van der Waals surface area contributed by atoms with Gasteiger partial charge in [-0.15, -0.1) is 0 Å². The number of nitro benzene ring substituents is 1. The molecule has 0 aliphatic rings. The van der Waals surface area contributed by atoms with Gasteiger partial charge in [-0.1, -0.05) is 0 Å². The number of nitrogens with one attached hydrogen (secondary N) is 1. The van der Waals surface area contributed by atoms with Crippen molar-refractivity contribution in [2.75, 3.05) is 13.1 Å². The number of nitrogens with two attached hydrogens (primary N) is 1. The fourth-order valence-electron chi connectivity index (χ4n) is 1.85. The monoisotopic (exact) mass is 331 g/mol. The molecule has 128 valence electrons. The van der Waals surface area contributed by atoms with E-state index in [4.69, 9.17) is 10.5 Å². The molecule has 0 radical (unpaired) electrons. The minimum absolute atomic E-state index is 0.0933. The average molecular weight is 331 g/mol. The molecule has 0 saturated carbocycles. The van der Waals surface area contributed by atoms with Crippen LogP contribution in [0.1, 0.15) is 32.3 Å². The van der Waals surface area contributed by atoms with Gasteiger partial charge in [0.25, 0.3) is 0 Å². The first-order valence-corrected chi connectivity index (χ1v) is 6.85. The van der Waals surface area contributed by atoms with Crippen LogP contribution in [0.5, 0.6) is 0 Å². The van der Waals surface area contributed by atoms with Crippen molar-refractivity contribution in [2.45, 2.75) is 32.3 Å². The Morgan fingerprint density at radius 1 is 1.39 bits per heavy atom. The van der Waals surface area contributed by atoms with Crippen molar-refractivity contribution in [1.29, 1.82) is 0 Å². The van der Waals surface area contributed by atoms with E-state index in [0.717, 1.165) is 6.07 Å². The molecule has 1 aromatic carbocycles. The van der Waals surface area contributed by atoms with Crippen LogP contribution in [-0.2, 0) is 4.74 Å². The average Bonchev–Trinajstić information content (AvgIpc) is 2.40. The predicted octanol–water partition coefficient (Wildman–Crippen LogP) is 2.44. The highest BCUT2D eigenvalue weighted by atomic mass is 19.1. The van der Waals surface area contributed by atoms with Gasteiger partial charge in [0, 0.05) is 19.0 Å². The van der Waals surface area contributed by atoms with Gasteiger partial charge in [-0.2, -0.15) is 4.39 Å². The summed E-state index contributed by atoms with van der Waals surface area (Å²) in [5.41, 5.74) is 3.72. The summed E-state index contributed by atoms with van der Waals surface area (Å²) in [4.78, 5) is 21.1. The number of hydrogen-bond acceptors (Lipinski definition) is 5. The fraction of sp³-hybridized carbons (Fsp3) is 0.500. The topological polar surface area (TPSA) is 107 Å². The number of ether oxygens (including phenoxy) is 1. The number of carbonyl (C=O) groups is 1. The smallest absolute Gasteiger partial charge is 0.407 e. The van der Waals surface area contributed by atoms with Crippen LogP contribution in [0.25, 0.3) is 0 Å². The normalized spacial score (nSPS) is 12.6. The number of halogens is 2. The molecule has 0 heterocycles. The van der Waals surface area contributed by atoms with Gasteiger partial charge < -0.3 is 15.8 Å². The Hall–Kier alpha value is -2.29. The third-order valence-electron chi connectivity index (χ3n) is 2.88. The number of amides is 1. The van der Waals surface area contributed by atoms with Crippen LogP contribution in [0.4, 0.5) is 19.3 Å². The van der Waals surface area contributed by atoms with Gasteiger partial charge >= 0.3 is 11.8 Å². The van der Waals surface area contributed by atoms with E-state index in [9.17, 15) is 23.7 Å². The number of rotatable bonds is 5. The third-order valence-corrected chi connectivity index (χ3v) is 2.88. The van der Waals surface area contributed by atoms with Gasteiger partial charge in [-0.3, -0.25) is 10.1 Å². The van der Waals surface area contributed by atoms with Crippen LogP contribution in [0, 0.1) is 21.7 Å². The zero-order valence-corrected chi connectivity index (χ0v) is 13.1. The highest BCUT2D eigenvalue weighted by Gasteiger charge is 2.24. The molecule has 0 spiro atoms. The third kappa shape index (κ3) is 5.44. The number of alkyl carbamates (subject to hydrolysis) is 1. The quantitative estimate of drug-likeness (QED) is 0.636. The molecule has 23 heavy (non-hydrogen) atoms.